The molecule has 7 heteroatoms. The highest BCUT2D eigenvalue weighted by Gasteiger charge is 2.18. The van der Waals surface area contributed by atoms with Gasteiger partial charge in [-0.15, -0.1) is 0 Å². The molecule has 1 rings (SSSR count). The van der Waals surface area contributed by atoms with Gasteiger partial charge in [-0.1, -0.05) is 32.4 Å². The monoisotopic (exact) mass is 323 g/mol. The van der Waals surface area contributed by atoms with Crippen molar-refractivity contribution >= 4 is 37.2 Å². The summed E-state index contributed by atoms with van der Waals surface area (Å²) in [5.41, 5.74) is 0.136. The molecule has 0 aliphatic carbocycles. The lowest BCUT2D eigenvalue weighted by Gasteiger charge is -2.18. The summed E-state index contributed by atoms with van der Waals surface area (Å²) >= 11 is 5.74. The zero-order valence-electron chi connectivity index (χ0n) is 10.8. The van der Waals surface area contributed by atoms with E-state index in [1.807, 2.05) is 20.8 Å². The first-order chi connectivity index (χ1) is 8.50. The Morgan fingerprint density at radius 2 is 1.89 bits per heavy atom. The first kappa shape index (κ1) is 16.3. The average molecular weight is 324 g/mol. The first-order valence-corrected chi connectivity index (χ1v) is 8.22. The van der Waals surface area contributed by atoms with Gasteiger partial charge in [0.25, 0.3) is 15.0 Å². The van der Waals surface area contributed by atoms with Crippen LogP contribution in [0, 0.1) is 5.41 Å². The van der Waals surface area contributed by atoms with E-state index in [1.54, 1.807) is 0 Å². The number of nitrogens with one attached hydrogen (secondary N) is 1. The highest BCUT2D eigenvalue weighted by molar-refractivity contribution is 8.13. The second-order valence-corrected chi connectivity index (χ2v) is 8.27. The Labute approximate surface area is 122 Å². The van der Waals surface area contributed by atoms with E-state index < -0.39 is 9.05 Å². The summed E-state index contributed by atoms with van der Waals surface area (Å²) < 4.78 is 22.6. The number of carbonyl (C=O) groups excluding carboxylic acids is 1. The number of carbonyl (C=O) groups is 1. The van der Waals surface area contributed by atoms with Crippen LogP contribution in [0.1, 0.15) is 31.1 Å². The molecule has 19 heavy (non-hydrogen) atoms. The number of hydrogen-bond donors (Lipinski definition) is 1. The maximum atomic E-state index is 11.9. The number of rotatable bonds is 3. The molecule has 0 unspecified atom stereocenters. The molecule has 0 saturated heterocycles. The Bertz CT molecular complexity index is 591. The van der Waals surface area contributed by atoms with Gasteiger partial charge in [0.15, 0.2) is 0 Å². The molecule has 0 radical (unpaired) electrons. The van der Waals surface area contributed by atoms with E-state index in [0.717, 1.165) is 0 Å². The molecule has 0 aliphatic rings. The smallest absolute Gasteiger partial charge is 0.262 e. The van der Waals surface area contributed by atoms with Crippen LogP contribution in [-0.4, -0.2) is 20.9 Å². The fourth-order valence-corrected chi connectivity index (χ4v) is 2.77. The van der Waals surface area contributed by atoms with Crippen molar-refractivity contribution in [2.75, 3.05) is 6.54 Å². The molecule has 0 aliphatic heterocycles. The molecular formula is C12H15Cl2NO3S. The molecule has 1 aromatic carbocycles. The zero-order valence-corrected chi connectivity index (χ0v) is 13.2. The fraction of sp³-hybridized carbons (Fsp3) is 0.417. The van der Waals surface area contributed by atoms with Crippen LogP contribution in [0.5, 0.6) is 0 Å². The molecule has 106 valence electrons. The third kappa shape index (κ3) is 5.01. The number of halogens is 2. The fourth-order valence-electron chi connectivity index (χ4n) is 1.28. The van der Waals surface area contributed by atoms with E-state index in [-0.39, 0.29) is 26.8 Å². The standard InChI is InChI=1S/C12H15Cl2NO3S/c1-12(2,3)7-15-11(16)8-4-5-9(13)10(6-8)19(14,17)18/h4-6H,7H2,1-3H3,(H,15,16). The Morgan fingerprint density at radius 3 is 2.37 bits per heavy atom. The van der Waals surface area contributed by atoms with E-state index in [2.05, 4.69) is 5.32 Å². The molecule has 1 aromatic rings. The van der Waals surface area contributed by atoms with Crippen LogP contribution in [0.25, 0.3) is 0 Å². The summed E-state index contributed by atoms with van der Waals surface area (Å²) in [6.07, 6.45) is 0. The van der Waals surface area contributed by atoms with Crippen molar-refractivity contribution in [3.05, 3.63) is 28.8 Å². The molecule has 0 aromatic heterocycles. The Balaban J connectivity index is 3.00. The predicted molar refractivity (Wildman–Crippen MR) is 76.3 cm³/mol. The van der Waals surface area contributed by atoms with Crippen molar-refractivity contribution < 1.29 is 13.2 Å². The summed E-state index contributed by atoms with van der Waals surface area (Å²) in [7, 11) is 1.27. The molecule has 0 heterocycles. The minimum atomic E-state index is -3.97. The van der Waals surface area contributed by atoms with E-state index in [9.17, 15) is 13.2 Å². The molecule has 4 nitrogen and oxygen atoms in total. The van der Waals surface area contributed by atoms with Gasteiger partial charge in [-0.25, -0.2) is 8.42 Å². The third-order valence-corrected chi connectivity index (χ3v) is 4.04. The SMILES string of the molecule is CC(C)(C)CNC(=O)c1ccc(Cl)c(S(=O)(=O)Cl)c1. The molecule has 0 spiro atoms. The minimum absolute atomic E-state index is 0.0117. The lowest BCUT2D eigenvalue weighted by atomic mass is 9.97. The summed E-state index contributed by atoms with van der Waals surface area (Å²) in [5.74, 6) is -0.367. The molecule has 0 saturated carbocycles. The van der Waals surface area contributed by atoms with Gasteiger partial charge in [-0.2, -0.15) is 0 Å². The topological polar surface area (TPSA) is 63.2 Å². The van der Waals surface area contributed by atoms with Gasteiger partial charge in [0, 0.05) is 22.8 Å². The Hall–Kier alpha value is -0.780. The van der Waals surface area contributed by atoms with Crippen LogP contribution in [0.2, 0.25) is 5.02 Å². The van der Waals surface area contributed by atoms with Gasteiger partial charge in [0.2, 0.25) is 0 Å². The van der Waals surface area contributed by atoms with Gasteiger partial charge in [-0.05, 0) is 23.6 Å². The van der Waals surface area contributed by atoms with Crippen molar-refractivity contribution in [1.29, 1.82) is 0 Å². The molecule has 1 N–H and O–H groups in total. The van der Waals surface area contributed by atoms with Gasteiger partial charge < -0.3 is 5.32 Å². The maximum absolute atomic E-state index is 11.9. The normalized spacial score (nSPS) is 12.3. The predicted octanol–water partition coefficient (Wildman–Crippen LogP) is 3.04. The lowest BCUT2D eigenvalue weighted by Crippen LogP contribution is -2.32. The van der Waals surface area contributed by atoms with Crippen LogP contribution in [0.4, 0.5) is 0 Å². The largest absolute Gasteiger partial charge is 0.352 e. The first-order valence-electron chi connectivity index (χ1n) is 5.53. The van der Waals surface area contributed by atoms with Gasteiger partial charge >= 0.3 is 0 Å². The summed E-state index contributed by atoms with van der Waals surface area (Å²) in [6, 6.07) is 3.96. The van der Waals surface area contributed by atoms with Crippen LogP contribution in [0.3, 0.4) is 0 Å². The van der Waals surface area contributed by atoms with E-state index in [1.165, 1.54) is 18.2 Å². The van der Waals surface area contributed by atoms with Crippen LogP contribution >= 0.6 is 22.3 Å². The van der Waals surface area contributed by atoms with Crippen LogP contribution < -0.4 is 5.32 Å². The van der Waals surface area contributed by atoms with E-state index in [0.29, 0.717) is 6.54 Å². The van der Waals surface area contributed by atoms with E-state index in [4.69, 9.17) is 22.3 Å². The van der Waals surface area contributed by atoms with Crippen molar-refractivity contribution in [1.82, 2.24) is 5.32 Å². The second kappa shape index (κ2) is 5.69. The molecule has 0 atom stereocenters. The summed E-state index contributed by atoms with van der Waals surface area (Å²) in [4.78, 5) is 11.6. The van der Waals surface area contributed by atoms with Crippen molar-refractivity contribution in [3.8, 4) is 0 Å². The third-order valence-electron chi connectivity index (χ3n) is 2.24. The van der Waals surface area contributed by atoms with Gasteiger partial charge in [0.1, 0.15) is 4.90 Å². The Morgan fingerprint density at radius 1 is 1.32 bits per heavy atom. The van der Waals surface area contributed by atoms with Gasteiger partial charge in [0.05, 0.1) is 5.02 Å². The highest BCUT2D eigenvalue weighted by Crippen LogP contribution is 2.25. The molecular weight excluding hydrogens is 309 g/mol. The van der Waals surface area contributed by atoms with Crippen molar-refractivity contribution in [2.45, 2.75) is 25.7 Å². The minimum Gasteiger partial charge on any atom is -0.352 e. The van der Waals surface area contributed by atoms with Crippen molar-refractivity contribution in [3.63, 3.8) is 0 Å². The zero-order chi connectivity index (χ0) is 14.8. The lowest BCUT2D eigenvalue weighted by molar-refractivity contribution is 0.0939. The molecule has 1 amide bonds. The van der Waals surface area contributed by atoms with Gasteiger partial charge in [-0.3, -0.25) is 4.79 Å². The van der Waals surface area contributed by atoms with Crippen LogP contribution in [-0.2, 0) is 9.05 Å². The van der Waals surface area contributed by atoms with E-state index >= 15 is 0 Å². The second-order valence-electron chi connectivity index (χ2n) is 5.33. The average Bonchev–Trinajstić information content (AvgIpc) is 2.24. The molecule has 0 fully saturated rings. The van der Waals surface area contributed by atoms with Crippen LogP contribution in [0.15, 0.2) is 23.1 Å². The van der Waals surface area contributed by atoms with Crippen molar-refractivity contribution in [2.24, 2.45) is 5.41 Å². The number of hydrogen-bond acceptors (Lipinski definition) is 3. The quantitative estimate of drug-likeness (QED) is 0.869. The highest BCUT2D eigenvalue weighted by atomic mass is 35.7. The maximum Gasteiger partial charge on any atom is 0.262 e. The molecule has 0 bridgehead atoms. The number of amides is 1. The summed E-state index contributed by atoms with van der Waals surface area (Å²) in [6.45, 7) is 6.40. The Kier molecular flexibility index (Phi) is 4.87. The summed E-state index contributed by atoms with van der Waals surface area (Å²) in [5, 5.41) is 2.71. The number of benzene rings is 1.